The molecule has 0 saturated heterocycles. The fourth-order valence-electron chi connectivity index (χ4n) is 3.71. The molecule has 3 rings (SSSR count). The Morgan fingerprint density at radius 3 is 2.10 bits per heavy atom. The van der Waals surface area contributed by atoms with E-state index in [1.54, 1.807) is 0 Å². The lowest BCUT2D eigenvalue weighted by atomic mass is 9.80. The minimum atomic E-state index is -6.14. The zero-order chi connectivity index (χ0) is 22.0. The second kappa shape index (κ2) is 6.38. The first kappa shape index (κ1) is 21.5. The fraction of sp³-hybridized carbons (Fsp3) is 0.471. The molecule has 1 aliphatic heterocycles. The van der Waals surface area contributed by atoms with E-state index in [9.17, 15) is 49.4 Å². The van der Waals surface area contributed by atoms with Gasteiger partial charge >= 0.3 is 24.4 Å². The van der Waals surface area contributed by atoms with Crippen LogP contribution in [0.4, 0.5) is 45.2 Å². The molecule has 160 valence electrons. The summed E-state index contributed by atoms with van der Waals surface area (Å²) in [7, 11) is 0. The number of fused-ring (bicyclic) bond motifs is 3. The second-order valence-corrected chi connectivity index (χ2v) is 6.84. The first-order chi connectivity index (χ1) is 13.1. The molecule has 1 aromatic carbocycles. The van der Waals surface area contributed by atoms with E-state index < -0.39 is 59.7 Å². The van der Waals surface area contributed by atoms with E-state index in [2.05, 4.69) is 0 Å². The van der Waals surface area contributed by atoms with Gasteiger partial charge in [0.2, 0.25) is 0 Å². The van der Waals surface area contributed by atoms with Gasteiger partial charge in [0.15, 0.2) is 0 Å². The number of hydrogen-bond donors (Lipinski definition) is 1. The van der Waals surface area contributed by atoms with Crippen LogP contribution in [0.5, 0.6) is 0 Å². The van der Waals surface area contributed by atoms with E-state index in [1.807, 2.05) is 0 Å². The molecule has 2 atom stereocenters. The van der Waals surface area contributed by atoms with Crippen LogP contribution in [-0.4, -0.2) is 36.1 Å². The molecule has 2 aliphatic rings. The molecule has 12 heteroatoms. The van der Waals surface area contributed by atoms with Crippen LogP contribution in [0.15, 0.2) is 30.4 Å². The van der Waals surface area contributed by atoms with Crippen molar-refractivity contribution in [3.63, 3.8) is 0 Å². The number of anilines is 1. The summed E-state index contributed by atoms with van der Waals surface area (Å²) >= 11 is 0. The number of hydrogen-bond acceptors (Lipinski definition) is 2. The Labute approximate surface area is 157 Å². The summed E-state index contributed by atoms with van der Waals surface area (Å²) in [5.41, 5.74) is -7.58. The monoisotopic (exact) mass is 433 g/mol. The Morgan fingerprint density at radius 2 is 1.59 bits per heavy atom. The molecule has 0 spiro atoms. The molecule has 0 fully saturated rings. The van der Waals surface area contributed by atoms with Gasteiger partial charge in [-0.25, -0.2) is 0 Å². The average Bonchev–Trinajstić information content (AvgIpc) is 3.05. The molecular weight excluding hydrogens is 421 g/mol. The largest absolute Gasteiger partial charge is 0.471 e. The predicted molar refractivity (Wildman–Crippen MR) is 80.8 cm³/mol. The number of aliphatic hydroxyl groups is 1. The third-order valence-corrected chi connectivity index (χ3v) is 5.11. The van der Waals surface area contributed by atoms with E-state index in [0.717, 1.165) is 0 Å². The number of allylic oxidation sites excluding steroid dienone is 2. The third kappa shape index (κ3) is 3.26. The van der Waals surface area contributed by atoms with Gasteiger partial charge in [-0.15, -0.1) is 0 Å². The van der Waals surface area contributed by atoms with Crippen molar-refractivity contribution < 1.29 is 49.4 Å². The highest BCUT2D eigenvalue weighted by atomic mass is 19.4. The number of carbonyl (C=O) groups excluding carboxylic acids is 1. The number of carbonyl (C=O) groups is 1. The normalized spacial score (nSPS) is 22.5. The van der Waals surface area contributed by atoms with Gasteiger partial charge in [0.05, 0.1) is 0 Å². The van der Waals surface area contributed by atoms with E-state index in [1.165, 1.54) is 12.2 Å². The molecule has 1 amide bonds. The van der Waals surface area contributed by atoms with Gasteiger partial charge < -0.3 is 10.0 Å². The average molecular weight is 433 g/mol. The van der Waals surface area contributed by atoms with E-state index in [-0.39, 0.29) is 18.1 Å². The highest BCUT2D eigenvalue weighted by molar-refractivity contribution is 5.98. The third-order valence-electron chi connectivity index (χ3n) is 5.11. The molecule has 3 nitrogen and oxygen atoms in total. The van der Waals surface area contributed by atoms with Gasteiger partial charge in [0.25, 0.3) is 5.60 Å². The van der Waals surface area contributed by atoms with Crippen molar-refractivity contribution >= 4 is 11.6 Å². The molecule has 2 unspecified atom stereocenters. The van der Waals surface area contributed by atoms with Gasteiger partial charge in [0.1, 0.15) is 0 Å². The molecule has 0 bridgehead atoms. The number of amides is 1. The lowest BCUT2D eigenvalue weighted by Crippen LogP contribution is -2.54. The zero-order valence-corrected chi connectivity index (χ0v) is 14.2. The summed E-state index contributed by atoms with van der Waals surface area (Å²) in [5.74, 6) is -3.71. The maximum Gasteiger partial charge on any atom is 0.471 e. The lowest BCUT2D eigenvalue weighted by Gasteiger charge is -2.39. The smallest absolute Gasteiger partial charge is 0.369 e. The topological polar surface area (TPSA) is 40.5 Å². The van der Waals surface area contributed by atoms with Gasteiger partial charge in [-0.05, 0) is 30.0 Å². The van der Waals surface area contributed by atoms with Crippen LogP contribution in [0.2, 0.25) is 0 Å². The fourth-order valence-corrected chi connectivity index (χ4v) is 3.71. The number of alkyl halides is 9. The second-order valence-electron chi connectivity index (χ2n) is 6.84. The Kier molecular flexibility index (Phi) is 4.72. The minimum absolute atomic E-state index is 0.193. The Hall–Kier alpha value is -2.24. The minimum Gasteiger partial charge on any atom is -0.369 e. The number of benzene rings is 1. The van der Waals surface area contributed by atoms with Crippen LogP contribution in [0.3, 0.4) is 0 Å². The maximum atomic E-state index is 13.2. The molecule has 29 heavy (non-hydrogen) atoms. The van der Waals surface area contributed by atoms with Crippen molar-refractivity contribution in [1.82, 2.24) is 0 Å². The summed E-state index contributed by atoms with van der Waals surface area (Å²) in [5, 5.41) is 9.57. The summed E-state index contributed by atoms with van der Waals surface area (Å²) in [6.07, 6.45) is -14.4. The lowest BCUT2D eigenvalue weighted by molar-refractivity contribution is -0.376. The Bertz CT molecular complexity index is 840. The van der Waals surface area contributed by atoms with Crippen molar-refractivity contribution in [3.8, 4) is 0 Å². The summed E-state index contributed by atoms with van der Waals surface area (Å²) < 4.78 is 118. The van der Waals surface area contributed by atoms with Crippen LogP contribution >= 0.6 is 0 Å². The molecule has 0 saturated carbocycles. The molecule has 1 aliphatic carbocycles. The van der Waals surface area contributed by atoms with Crippen LogP contribution in [0.25, 0.3) is 0 Å². The molecule has 1 heterocycles. The Balaban J connectivity index is 2.19. The first-order valence-electron chi connectivity index (χ1n) is 8.14. The zero-order valence-electron chi connectivity index (χ0n) is 14.2. The SMILES string of the molecule is O=C(N1CC2CC=CC2c2cc(C(O)(C(F)(F)F)C(F)(F)F)ccc21)C(F)(F)F. The highest BCUT2D eigenvalue weighted by Gasteiger charge is 2.71. The van der Waals surface area contributed by atoms with Crippen LogP contribution in [-0.2, 0) is 10.4 Å². The highest BCUT2D eigenvalue weighted by Crippen LogP contribution is 2.52. The van der Waals surface area contributed by atoms with Crippen molar-refractivity contribution in [3.05, 3.63) is 41.5 Å². The number of halogens is 9. The van der Waals surface area contributed by atoms with Crippen LogP contribution < -0.4 is 4.90 Å². The van der Waals surface area contributed by atoms with Crippen molar-refractivity contribution in [2.24, 2.45) is 5.92 Å². The van der Waals surface area contributed by atoms with Gasteiger partial charge in [0, 0.05) is 23.7 Å². The quantitative estimate of drug-likeness (QED) is 0.521. The van der Waals surface area contributed by atoms with Gasteiger partial charge in [-0.3, -0.25) is 4.79 Å². The van der Waals surface area contributed by atoms with Gasteiger partial charge in [-0.2, -0.15) is 39.5 Å². The van der Waals surface area contributed by atoms with E-state index in [0.29, 0.717) is 17.0 Å². The van der Waals surface area contributed by atoms with Crippen LogP contribution in [0.1, 0.15) is 23.5 Å². The summed E-state index contributed by atoms with van der Waals surface area (Å²) in [6.45, 7) is -0.398. The Morgan fingerprint density at radius 1 is 1.00 bits per heavy atom. The molecular formula is C17H12F9NO2. The molecule has 1 aromatic rings. The number of rotatable bonds is 1. The predicted octanol–water partition coefficient (Wildman–Crippen LogP) is 4.57. The molecule has 1 N–H and O–H groups in total. The summed E-state index contributed by atoms with van der Waals surface area (Å²) in [6, 6.07) is 1.17. The molecule has 0 aromatic heterocycles. The van der Waals surface area contributed by atoms with Gasteiger partial charge in [-0.1, -0.05) is 18.2 Å². The van der Waals surface area contributed by atoms with Crippen LogP contribution in [0, 0.1) is 5.92 Å². The summed E-state index contributed by atoms with van der Waals surface area (Å²) in [4.78, 5) is 12.0. The first-order valence-corrected chi connectivity index (χ1v) is 8.14. The maximum absolute atomic E-state index is 13.2. The van der Waals surface area contributed by atoms with E-state index in [4.69, 9.17) is 0 Å². The van der Waals surface area contributed by atoms with Crippen molar-refractivity contribution in [1.29, 1.82) is 0 Å². The van der Waals surface area contributed by atoms with Crippen molar-refractivity contribution in [2.75, 3.05) is 11.4 Å². The standard InChI is InChI=1S/C17H12F9NO2/c18-15(19,20)13(28)27-7-8-2-1-3-10(8)11-6-9(4-5-12(11)27)14(29,16(21,22)23)17(24,25)26/h1,3-6,8,10,29H,2,7H2. The number of nitrogens with zero attached hydrogens (tertiary/aromatic N) is 1. The molecule has 0 radical (unpaired) electrons. The van der Waals surface area contributed by atoms with E-state index >= 15 is 0 Å². The van der Waals surface area contributed by atoms with Crippen molar-refractivity contribution in [2.45, 2.75) is 36.5 Å².